The molecule has 0 unspecified atom stereocenters. The van der Waals surface area contributed by atoms with Gasteiger partial charge in [0.2, 0.25) is 23.6 Å². The van der Waals surface area contributed by atoms with Gasteiger partial charge in [-0.15, -0.1) is 0 Å². The highest BCUT2D eigenvalue weighted by Gasteiger charge is 2.32. The van der Waals surface area contributed by atoms with E-state index in [1.54, 1.807) is 118 Å². The molecule has 20 heterocycles. The molecule has 12 N–H and O–H groups in total. The molecule has 36 heteroatoms. The Bertz CT molecular complexity index is 9210. The molecule has 20 aromatic heterocycles. The monoisotopic (exact) mass is 1970 g/mol. The van der Waals surface area contributed by atoms with Crippen LogP contribution in [0.1, 0.15) is 89.9 Å². The molecule has 4 aliphatic rings. The van der Waals surface area contributed by atoms with E-state index in [2.05, 4.69) is 166 Å². The SMILES string of the molecule is O=C(Nc1cncc(-c2ccc3[nH]nc(-c4nc5c(-c6ccncc6)cncc5[nH]4)c3c2)c1)C1CC1.O=C(Nc1cncc(-c2ccc3[nH]nc(-c4nc5c(-c6ccncc6)cncc5[nH]4)c3c2)c1)C1CCC1.O=C(Nc1cncc(-c2ccc3[nH]nc(-c4nc5c(-c6ccncc6)cncc5[nH]4)c3c2)c1)C1CCCC1.O=C(Nc1cncc(-c2ccc3[nH]nc(-c4nc5c(-c6ccncc6)cncc5[nH]4)c3c2)c1)C1CCCCC1. The maximum atomic E-state index is 12.8. The van der Waals surface area contributed by atoms with Crippen molar-refractivity contribution in [2.45, 2.75) is 89.9 Å². The predicted molar refractivity (Wildman–Crippen MR) is 575 cm³/mol. The number of pyridine rings is 12. The zero-order valence-electron chi connectivity index (χ0n) is 80.5. The summed E-state index contributed by atoms with van der Waals surface area (Å²) >= 11 is 0. The Balaban J connectivity index is 0.000000104. The first-order valence-corrected chi connectivity index (χ1v) is 49.9. The summed E-state index contributed by atoms with van der Waals surface area (Å²) in [5.41, 5.74) is 31.1. The van der Waals surface area contributed by atoms with E-state index in [0.29, 0.717) is 46.0 Å². The fourth-order valence-corrected chi connectivity index (χ4v) is 19.9. The molecule has 0 atom stereocenters. The molecular formula is C114H92N32O4. The van der Waals surface area contributed by atoms with Crippen molar-refractivity contribution in [1.29, 1.82) is 0 Å². The van der Waals surface area contributed by atoms with Gasteiger partial charge in [0.15, 0.2) is 23.3 Å². The number of H-pyrrole nitrogens is 8. The number of aromatic nitrogens is 28. The van der Waals surface area contributed by atoms with Gasteiger partial charge >= 0.3 is 0 Å². The van der Waals surface area contributed by atoms with E-state index in [0.717, 1.165) is 283 Å². The van der Waals surface area contributed by atoms with Crippen molar-refractivity contribution in [1.82, 2.24) is 140 Å². The van der Waals surface area contributed by atoms with Gasteiger partial charge in [-0.1, -0.05) is 62.8 Å². The molecule has 150 heavy (non-hydrogen) atoms. The van der Waals surface area contributed by atoms with E-state index < -0.39 is 0 Å². The Kier molecular flexibility index (Phi) is 24.5. The highest BCUT2D eigenvalue weighted by Crippen LogP contribution is 2.43. The van der Waals surface area contributed by atoms with Crippen molar-refractivity contribution in [3.63, 3.8) is 0 Å². The van der Waals surface area contributed by atoms with Crippen molar-refractivity contribution in [3.8, 4) is 135 Å². The van der Waals surface area contributed by atoms with Crippen molar-refractivity contribution in [2.24, 2.45) is 23.7 Å². The van der Waals surface area contributed by atoms with Gasteiger partial charge in [0.1, 0.15) is 22.8 Å². The fourth-order valence-electron chi connectivity index (χ4n) is 19.9. The highest BCUT2D eigenvalue weighted by molar-refractivity contribution is 6.05. The van der Waals surface area contributed by atoms with E-state index in [1.165, 1.54) is 6.42 Å². The van der Waals surface area contributed by atoms with Gasteiger partial charge in [0.25, 0.3) is 0 Å². The number of amides is 4. The van der Waals surface area contributed by atoms with E-state index in [-0.39, 0.29) is 47.3 Å². The zero-order chi connectivity index (χ0) is 100. The van der Waals surface area contributed by atoms with Crippen LogP contribution < -0.4 is 21.3 Å². The van der Waals surface area contributed by atoms with Gasteiger partial charge in [0.05, 0.1) is 139 Å². The van der Waals surface area contributed by atoms with E-state index in [1.807, 2.05) is 152 Å². The van der Waals surface area contributed by atoms with Gasteiger partial charge in [-0.3, -0.25) is 99.4 Å². The molecule has 0 aliphatic heterocycles. The number of fused-ring (bicyclic) bond motifs is 8. The van der Waals surface area contributed by atoms with E-state index >= 15 is 0 Å². The lowest BCUT2D eigenvalue weighted by atomic mass is 9.85. The minimum atomic E-state index is 0.0621. The molecule has 36 nitrogen and oxygen atoms in total. The number of rotatable bonds is 20. The minimum absolute atomic E-state index is 0.0621. The lowest BCUT2D eigenvalue weighted by Gasteiger charge is -2.24. The van der Waals surface area contributed by atoms with Crippen LogP contribution in [0.4, 0.5) is 22.7 Å². The van der Waals surface area contributed by atoms with Gasteiger partial charge in [-0.25, -0.2) is 19.9 Å². The first kappa shape index (κ1) is 91.5. The summed E-state index contributed by atoms with van der Waals surface area (Å²) in [6.07, 6.45) is 56.9. The maximum Gasteiger partial charge on any atom is 0.227 e. The lowest BCUT2D eigenvalue weighted by molar-refractivity contribution is -0.122. The minimum Gasteiger partial charge on any atom is -0.335 e. The number of carbonyl (C=O) groups excluding carboxylic acids is 4. The number of nitrogens with one attached hydrogen (secondary N) is 12. The Hall–Kier alpha value is -19.7. The summed E-state index contributed by atoms with van der Waals surface area (Å²) in [5, 5.41) is 46.6. The van der Waals surface area contributed by atoms with E-state index in [9.17, 15) is 19.2 Å². The van der Waals surface area contributed by atoms with Gasteiger partial charge in [-0.2, -0.15) is 20.4 Å². The molecule has 24 aromatic rings. The van der Waals surface area contributed by atoms with Crippen molar-refractivity contribution < 1.29 is 19.2 Å². The average Bonchev–Trinajstić information content (AvgIpc) is 1.62. The topological polar surface area (TPSA) is 501 Å². The van der Waals surface area contributed by atoms with Crippen LogP contribution >= 0.6 is 0 Å². The average molecular weight is 1970 g/mol. The molecule has 0 saturated heterocycles. The predicted octanol–water partition coefficient (Wildman–Crippen LogP) is 22.2. The molecule has 4 amide bonds. The number of hydrogen-bond donors (Lipinski definition) is 12. The number of anilines is 4. The Morgan fingerprint density at radius 1 is 0.213 bits per heavy atom. The van der Waals surface area contributed by atoms with Gasteiger partial charge in [0, 0.05) is 189 Å². The third kappa shape index (κ3) is 18.8. The Morgan fingerprint density at radius 3 is 0.687 bits per heavy atom. The summed E-state index contributed by atoms with van der Waals surface area (Å²) in [7, 11) is 0. The first-order chi connectivity index (χ1) is 73.9. The smallest absolute Gasteiger partial charge is 0.227 e. The van der Waals surface area contributed by atoms with Crippen LogP contribution in [0, 0.1) is 23.7 Å². The summed E-state index contributed by atoms with van der Waals surface area (Å²) in [6, 6.07) is 47.7. The molecular weight excluding hydrogens is 1880 g/mol. The van der Waals surface area contributed by atoms with Crippen LogP contribution in [0.3, 0.4) is 0 Å². The normalized spacial score (nSPS) is 13.8. The third-order valence-electron chi connectivity index (χ3n) is 28.2. The number of benzene rings is 4. The molecule has 4 saturated carbocycles. The summed E-state index contributed by atoms with van der Waals surface area (Å²) in [4.78, 5) is 135. The second-order valence-electron chi connectivity index (χ2n) is 38.0. The van der Waals surface area contributed by atoms with Crippen LogP contribution in [-0.4, -0.2) is 164 Å². The number of hydrogen-bond acceptors (Lipinski definition) is 24. The molecule has 732 valence electrons. The lowest BCUT2D eigenvalue weighted by Crippen LogP contribution is -2.28. The molecule has 4 aliphatic carbocycles. The van der Waals surface area contributed by atoms with Crippen molar-refractivity contribution >= 4 is 134 Å². The number of nitrogens with zero attached hydrogens (tertiary/aromatic N) is 20. The highest BCUT2D eigenvalue weighted by atomic mass is 16.2. The first-order valence-electron chi connectivity index (χ1n) is 49.9. The maximum absolute atomic E-state index is 12.8. The number of imidazole rings is 4. The summed E-state index contributed by atoms with van der Waals surface area (Å²) < 4.78 is 0. The van der Waals surface area contributed by atoms with Crippen molar-refractivity contribution in [3.05, 3.63) is 294 Å². The number of carbonyl (C=O) groups is 4. The van der Waals surface area contributed by atoms with E-state index in [4.69, 9.17) is 19.9 Å². The summed E-state index contributed by atoms with van der Waals surface area (Å²) in [6.45, 7) is 0. The standard InChI is InChI=1S/C30H26N8O.C29H24N8O.C28H22N8O.C27H20N8O/c39-30(19-4-2-1-3-5-19)34-22-12-21(14-32-15-22)20-6-7-25-23(13-20)28(38-37-25)29-35-26-17-33-16-24(27(26)36-29)18-8-10-31-11-9-18;38-29(18-3-1-2-4-18)33-21-11-20(13-31-14-21)19-5-6-24-22(12-19)27(37-36-24)28-34-25-16-32-15-23(26(25)35-28)17-7-9-30-10-8-17;37-28(17-2-1-3-17)32-20-10-19(12-30-13-20)18-4-5-23-21(11-18)26(36-35-23)27-33-24-15-31-14-22(25(24)34-27)16-6-8-29-9-7-16;36-27(16-1-2-16)31-19-9-18(11-29-12-19)17-3-4-22-20(10-17)25(35-34-22)26-32-23-14-30-13-21(24(23)33-26)15-5-7-28-8-6-15/h6-17,19H,1-5H2,(H,34,39)(H,35,36)(H,37,38);5-16,18H,1-4H2,(H,33,38)(H,34,35)(H,36,37);4-15,17H,1-3H2,(H,32,37)(H,33,34)(H,35,36);3-14,16H,1-2H2,(H,31,36)(H,32,33)(H,34,35). The third-order valence-corrected chi connectivity index (χ3v) is 28.2. The van der Waals surface area contributed by atoms with Crippen LogP contribution in [-0.2, 0) is 19.2 Å². The molecule has 0 bridgehead atoms. The summed E-state index contributed by atoms with van der Waals surface area (Å²) in [5.74, 6) is 3.36. The Morgan fingerprint density at radius 2 is 0.447 bits per heavy atom. The van der Waals surface area contributed by atoms with Crippen LogP contribution in [0.2, 0.25) is 0 Å². The van der Waals surface area contributed by atoms with Crippen molar-refractivity contribution in [2.75, 3.05) is 21.3 Å². The van der Waals surface area contributed by atoms with Gasteiger partial charge in [-0.05, 0) is 217 Å². The van der Waals surface area contributed by atoms with Crippen LogP contribution in [0.15, 0.2) is 294 Å². The van der Waals surface area contributed by atoms with Crippen LogP contribution in [0.5, 0.6) is 0 Å². The Labute approximate surface area is 853 Å². The second-order valence-corrected chi connectivity index (χ2v) is 38.0. The molecule has 4 aromatic carbocycles. The quantitative estimate of drug-likeness (QED) is 0.0337. The molecule has 0 radical (unpaired) electrons. The molecule has 4 fully saturated rings. The molecule has 0 spiro atoms. The van der Waals surface area contributed by atoms with Gasteiger partial charge < -0.3 is 41.2 Å². The second kappa shape index (κ2) is 40.1. The molecule has 28 rings (SSSR count). The fraction of sp³-hybridized carbons (Fsp3) is 0.158. The van der Waals surface area contributed by atoms with Crippen LogP contribution in [0.25, 0.3) is 223 Å². The number of aromatic amines is 8. The largest absolute Gasteiger partial charge is 0.335 e. The zero-order valence-corrected chi connectivity index (χ0v) is 80.5.